The molecule has 3 unspecified atom stereocenters. The summed E-state index contributed by atoms with van der Waals surface area (Å²) in [6.45, 7) is 9.95. The van der Waals surface area contributed by atoms with Crippen LogP contribution in [-0.4, -0.2) is 32.3 Å². The number of nitrogens with one attached hydrogen (secondary N) is 2. The molecule has 168 valence electrons. The quantitative estimate of drug-likeness (QED) is 0.177. The summed E-state index contributed by atoms with van der Waals surface area (Å²) in [5, 5.41) is 12.4. The number of hydrogen-bond acceptors (Lipinski definition) is 4. The van der Waals surface area contributed by atoms with Crippen LogP contribution in [0.3, 0.4) is 0 Å². The van der Waals surface area contributed by atoms with Crippen molar-refractivity contribution in [1.82, 2.24) is 9.88 Å². The number of rotatable bonds is 6. The van der Waals surface area contributed by atoms with Gasteiger partial charge in [0.25, 0.3) is 0 Å². The Hall–Kier alpha value is -1.93. The molecule has 1 saturated heterocycles. The molecule has 2 aromatic rings. The molecule has 0 aliphatic carbocycles. The number of benzene rings is 1. The van der Waals surface area contributed by atoms with Gasteiger partial charge in [0.1, 0.15) is 11.7 Å². The molecule has 0 radical (unpaired) electrons. The molecule has 4 nitrogen and oxygen atoms in total. The van der Waals surface area contributed by atoms with Crippen LogP contribution in [0, 0.1) is 24.2 Å². The van der Waals surface area contributed by atoms with Crippen molar-refractivity contribution < 1.29 is 0 Å². The molecule has 1 fully saturated rings. The summed E-state index contributed by atoms with van der Waals surface area (Å²) in [7, 11) is 0. The second kappa shape index (κ2) is 10.3. The number of amidine groups is 1. The van der Waals surface area contributed by atoms with E-state index in [1.807, 2.05) is 12.3 Å². The molecule has 0 saturated carbocycles. The third-order valence-corrected chi connectivity index (χ3v) is 9.42. The van der Waals surface area contributed by atoms with Crippen molar-refractivity contribution in [3.05, 3.63) is 69.6 Å². The number of allylic oxidation sites excluding steroid dienone is 3. The van der Waals surface area contributed by atoms with E-state index >= 15 is 0 Å². The Bertz CT molecular complexity index is 1070. The van der Waals surface area contributed by atoms with E-state index in [4.69, 9.17) is 5.41 Å². The molecule has 3 heterocycles. The Balaban J connectivity index is 1.47. The summed E-state index contributed by atoms with van der Waals surface area (Å²) in [6, 6.07) is 11.0. The van der Waals surface area contributed by atoms with Gasteiger partial charge in [-0.05, 0) is 65.6 Å². The number of hydrogen-bond donors (Lipinski definition) is 2. The molecule has 2 aliphatic rings. The van der Waals surface area contributed by atoms with Gasteiger partial charge in [0.2, 0.25) is 0 Å². The van der Waals surface area contributed by atoms with E-state index in [2.05, 4.69) is 89.4 Å². The first-order valence-electron chi connectivity index (χ1n) is 11.2. The van der Waals surface area contributed by atoms with Crippen molar-refractivity contribution in [2.45, 2.75) is 49.9 Å². The highest BCUT2D eigenvalue weighted by molar-refractivity contribution is 14.2. The average Bonchev–Trinajstić information content (AvgIpc) is 3.09. The Morgan fingerprint density at radius 3 is 2.69 bits per heavy atom. The van der Waals surface area contributed by atoms with Gasteiger partial charge in [0.15, 0.2) is 0 Å². The molecule has 4 rings (SSSR count). The second-order valence-corrected chi connectivity index (χ2v) is 12.2. The Kier molecular flexibility index (Phi) is 7.51. The summed E-state index contributed by atoms with van der Waals surface area (Å²) < 4.78 is 3.50. The first-order valence-corrected chi connectivity index (χ1v) is 14.3. The number of aromatic nitrogens is 1. The van der Waals surface area contributed by atoms with Crippen LogP contribution >= 0.6 is 32.5 Å². The predicted octanol–water partition coefficient (Wildman–Crippen LogP) is 6.83. The minimum Gasteiger partial charge on any atom is -0.353 e. The number of halogens is 1. The fourth-order valence-electron chi connectivity index (χ4n) is 4.60. The highest BCUT2D eigenvalue weighted by Crippen LogP contribution is 2.35. The van der Waals surface area contributed by atoms with E-state index in [0.29, 0.717) is 23.7 Å². The smallest absolute Gasteiger partial charge is 0.130 e. The van der Waals surface area contributed by atoms with Gasteiger partial charge in [0, 0.05) is 34.1 Å². The largest absolute Gasteiger partial charge is 0.353 e. The van der Waals surface area contributed by atoms with Gasteiger partial charge in [-0.2, -0.15) is 0 Å². The van der Waals surface area contributed by atoms with Gasteiger partial charge in [0.05, 0.1) is 3.70 Å². The zero-order chi connectivity index (χ0) is 22.7. The van der Waals surface area contributed by atoms with Crippen molar-refractivity contribution >= 4 is 48.2 Å². The highest BCUT2D eigenvalue weighted by atomic mass is 127. The van der Waals surface area contributed by atoms with Crippen LogP contribution in [0.2, 0.25) is 0 Å². The Morgan fingerprint density at radius 1 is 1.22 bits per heavy atom. The summed E-state index contributed by atoms with van der Waals surface area (Å²) in [5.41, 5.74) is 2.20. The van der Waals surface area contributed by atoms with E-state index in [9.17, 15) is 0 Å². The van der Waals surface area contributed by atoms with E-state index in [1.165, 1.54) is 10.1 Å². The SMILES string of the molecule is CCC1C(C)CN(C(=N)c2cc(Sc3ccc(NC4=CC=CC=I4)nc3)ccc2C)C1C. The Labute approximate surface area is 205 Å². The lowest BCUT2D eigenvalue weighted by molar-refractivity contribution is 0.336. The fraction of sp³-hybridized carbons (Fsp3) is 0.346. The summed E-state index contributed by atoms with van der Waals surface area (Å²) in [6.07, 6.45) is 9.40. The van der Waals surface area contributed by atoms with Crippen molar-refractivity contribution in [2.24, 2.45) is 11.8 Å². The summed E-state index contributed by atoms with van der Waals surface area (Å²) >= 11 is 1.62. The van der Waals surface area contributed by atoms with Crippen LogP contribution in [0.15, 0.2) is 68.3 Å². The molecular formula is C26H31IN4S. The topological polar surface area (TPSA) is 52.0 Å². The van der Waals surface area contributed by atoms with Crippen LogP contribution in [0.1, 0.15) is 38.3 Å². The molecule has 3 atom stereocenters. The molecule has 0 amide bonds. The minimum atomic E-state index is -0.0849. The van der Waals surface area contributed by atoms with E-state index in [1.54, 1.807) is 11.8 Å². The lowest BCUT2D eigenvalue weighted by Crippen LogP contribution is -2.36. The van der Waals surface area contributed by atoms with Gasteiger partial charge in [-0.3, -0.25) is 5.41 Å². The molecule has 2 aliphatic heterocycles. The molecule has 1 aromatic heterocycles. The first-order chi connectivity index (χ1) is 15.5. The molecule has 6 heteroatoms. The average molecular weight is 559 g/mol. The van der Waals surface area contributed by atoms with Crippen LogP contribution in [-0.2, 0) is 0 Å². The third kappa shape index (κ3) is 5.17. The maximum Gasteiger partial charge on any atom is 0.130 e. The standard InChI is InChI=1S/C26H31IN4S/c1-5-22-18(3)16-31(19(22)4)26(28)23-14-20(10-9-17(23)2)32-21-11-12-25(29-15-21)30-24-8-6-7-13-27-24/h6-15,18-19,22,28H,5,16H2,1-4H3,(H,29,30). The predicted molar refractivity (Wildman–Crippen MR) is 146 cm³/mol. The maximum absolute atomic E-state index is 8.97. The molecule has 2 N–H and O–H groups in total. The maximum atomic E-state index is 8.97. The molecule has 0 spiro atoms. The zero-order valence-electron chi connectivity index (χ0n) is 19.1. The third-order valence-electron chi connectivity index (χ3n) is 6.38. The highest BCUT2D eigenvalue weighted by Gasteiger charge is 2.37. The number of nitrogens with zero attached hydrogens (tertiary/aromatic N) is 2. The Morgan fingerprint density at radius 2 is 2.03 bits per heavy atom. The van der Waals surface area contributed by atoms with Gasteiger partial charge >= 0.3 is 0 Å². The van der Waals surface area contributed by atoms with Crippen LogP contribution in [0.4, 0.5) is 5.82 Å². The van der Waals surface area contributed by atoms with Gasteiger partial charge in [-0.15, -0.1) is 0 Å². The fourth-order valence-corrected chi connectivity index (χ4v) is 7.10. The van der Waals surface area contributed by atoms with Gasteiger partial charge in [-0.25, -0.2) is 4.98 Å². The number of pyridine rings is 1. The zero-order valence-corrected chi connectivity index (χ0v) is 22.1. The summed E-state index contributed by atoms with van der Waals surface area (Å²) in [4.78, 5) is 9.14. The normalized spacial score (nSPS) is 22.4. The van der Waals surface area contributed by atoms with E-state index in [0.717, 1.165) is 33.3 Å². The number of anilines is 1. The number of likely N-dealkylation sites (tertiary alicyclic amines) is 1. The lowest BCUT2D eigenvalue weighted by atomic mass is 9.90. The number of aryl methyl sites for hydroxylation is 1. The summed E-state index contributed by atoms with van der Waals surface area (Å²) in [5.74, 6) is 2.84. The van der Waals surface area contributed by atoms with Crippen LogP contribution in [0.5, 0.6) is 0 Å². The van der Waals surface area contributed by atoms with Crippen molar-refractivity contribution in [3.63, 3.8) is 0 Å². The molecular weight excluding hydrogens is 527 g/mol. The van der Waals surface area contributed by atoms with E-state index in [-0.39, 0.29) is 20.7 Å². The molecule has 0 bridgehead atoms. The molecule has 32 heavy (non-hydrogen) atoms. The lowest BCUT2D eigenvalue weighted by Gasteiger charge is -2.27. The van der Waals surface area contributed by atoms with Crippen molar-refractivity contribution in [3.8, 4) is 0 Å². The van der Waals surface area contributed by atoms with Gasteiger partial charge in [-0.1, -0.05) is 71.0 Å². The van der Waals surface area contributed by atoms with Crippen LogP contribution in [0.25, 0.3) is 0 Å². The second-order valence-electron chi connectivity index (χ2n) is 8.51. The van der Waals surface area contributed by atoms with Crippen molar-refractivity contribution in [1.29, 1.82) is 5.41 Å². The first kappa shape index (κ1) is 23.2. The minimum absolute atomic E-state index is 0.0849. The molecule has 1 aromatic carbocycles. The monoisotopic (exact) mass is 558 g/mol. The van der Waals surface area contributed by atoms with Gasteiger partial charge < -0.3 is 10.2 Å². The van der Waals surface area contributed by atoms with Crippen LogP contribution < -0.4 is 5.32 Å². The van der Waals surface area contributed by atoms with Crippen molar-refractivity contribution in [2.75, 3.05) is 11.9 Å². The van der Waals surface area contributed by atoms with E-state index < -0.39 is 0 Å².